The first-order valence-electron chi connectivity index (χ1n) is 7.39. The number of aromatic hydroxyl groups is 1. The SMILES string of the molecule is COc1cccc([C@@H]2Oc3cccc(O)c3[P@@]2(=O)C(C)(C)C)n1. The Balaban J connectivity index is 2.23. The summed E-state index contributed by atoms with van der Waals surface area (Å²) in [7, 11) is -1.60. The summed E-state index contributed by atoms with van der Waals surface area (Å²) in [6, 6.07) is 10.2. The molecule has 122 valence electrons. The molecule has 2 aromatic rings. The van der Waals surface area contributed by atoms with Crippen molar-refractivity contribution in [3.8, 4) is 17.4 Å². The van der Waals surface area contributed by atoms with Crippen LogP contribution < -0.4 is 14.8 Å². The van der Waals surface area contributed by atoms with Crippen molar-refractivity contribution in [2.45, 2.75) is 31.8 Å². The minimum atomic E-state index is -3.13. The fraction of sp³-hybridized carbons (Fsp3) is 0.353. The number of aromatic nitrogens is 1. The van der Waals surface area contributed by atoms with Crippen LogP contribution in [-0.4, -0.2) is 22.4 Å². The molecule has 0 fully saturated rings. The van der Waals surface area contributed by atoms with E-state index in [9.17, 15) is 9.67 Å². The van der Waals surface area contributed by atoms with Gasteiger partial charge in [-0.2, -0.15) is 0 Å². The maximum absolute atomic E-state index is 14.0. The molecule has 1 aliphatic rings. The van der Waals surface area contributed by atoms with Crippen LogP contribution in [0.4, 0.5) is 0 Å². The highest BCUT2D eigenvalue weighted by molar-refractivity contribution is 7.74. The number of rotatable bonds is 2. The molecule has 1 aromatic carbocycles. The number of ether oxygens (including phenoxy) is 2. The number of hydrogen-bond acceptors (Lipinski definition) is 5. The lowest BCUT2D eigenvalue weighted by Gasteiger charge is -2.31. The van der Waals surface area contributed by atoms with Crippen LogP contribution in [0, 0.1) is 0 Å². The molecule has 0 radical (unpaired) electrons. The van der Waals surface area contributed by atoms with Crippen molar-refractivity contribution in [1.29, 1.82) is 0 Å². The molecule has 3 rings (SSSR count). The summed E-state index contributed by atoms with van der Waals surface area (Å²) < 4.78 is 25.2. The van der Waals surface area contributed by atoms with Gasteiger partial charge in [0, 0.05) is 11.2 Å². The molecule has 0 bridgehead atoms. The van der Waals surface area contributed by atoms with Gasteiger partial charge in [-0.15, -0.1) is 0 Å². The van der Waals surface area contributed by atoms with Crippen molar-refractivity contribution in [3.05, 3.63) is 42.1 Å². The van der Waals surface area contributed by atoms with Crippen LogP contribution in [0.2, 0.25) is 0 Å². The maximum Gasteiger partial charge on any atom is 0.213 e. The molecule has 0 aliphatic carbocycles. The van der Waals surface area contributed by atoms with E-state index in [2.05, 4.69) is 4.98 Å². The molecule has 1 aliphatic heterocycles. The summed E-state index contributed by atoms with van der Waals surface area (Å²) in [5.74, 6) is 0.164. The summed E-state index contributed by atoms with van der Waals surface area (Å²) in [6.45, 7) is 5.68. The first-order valence-corrected chi connectivity index (χ1v) is 9.16. The zero-order valence-electron chi connectivity index (χ0n) is 13.6. The Hall–Kier alpha value is -2.00. The summed E-state index contributed by atoms with van der Waals surface area (Å²) in [5.41, 5.74) is 0.540. The summed E-state index contributed by atoms with van der Waals surface area (Å²) in [5, 5.41) is 10.1. The predicted octanol–water partition coefficient (Wildman–Crippen LogP) is 3.67. The van der Waals surface area contributed by atoms with Gasteiger partial charge < -0.3 is 19.1 Å². The fourth-order valence-electron chi connectivity index (χ4n) is 2.87. The highest BCUT2D eigenvalue weighted by Gasteiger charge is 2.55. The van der Waals surface area contributed by atoms with Crippen molar-refractivity contribution < 1.29 is 19.1 Å². The molecule has 2 atom stereocenters. The molecule has 0 spiro atoms. The van der Waals surface area contributed by atoms with Crippen LogP contribution in [0.3, 0.4) is 0 Å². The van der Waals surface area contributed by atoms with Crippen LogP contribution in [0.25, 0.3) is 0 Å². The van der Waals surface area contributed by atoms with Crippen molar-refractivity contribution in [3.63, 3.8) is 0 Å². The van der Waals surface area contributed by atoms with Gasteiger partial charge in [-0.05, 0) is 18.2 Å². The number of methoxy groups -OCH3 is 1. The minimum Gasteiger partial charge on any atom is -0.507 e. The molecule has 5 nitrogen and oxygen atoms in total. The lowest BCUT2D eigenvalue weighted by atomic mass is 10.3. The summed E-state index contributed by atoms with van der Waals surface area (Å²) in [6.07, 6.45) is 0. The van der Waals surface area contributed by atoms with Crippen molar-refractivity contribution in [2.24, 2.45) is 0 Å². The summed E-state index contributed by atoms with van der Waals surface area (Å²) >= 11 is 0. The van der Waals surface area contributed by atoms with Gasteiger partial charge in [0.2, 0.25) is 5.88 Å². The van der Waals surface area contributed by atoms with E-state index in [1.807, 2.05) is 20.8 Å². The minimum absolute atomic E-state index is 0.00570. The number of pyridine rings is 1. The zero-order valence-corrected chi connectivity index (χ0v) is 14.5. The van der Waals surface area contributed by atoms with Gasteiger partial charge in [-0.1, -0.05) is 32.9 Å². The van der Waals surface area contributed by atoms with Crippen LogP contribution in [-0.2, 0) is 4.57 Å². The van der Waals surface area contributed by atoms with E-state index in [1.165, 1.54) is 7.11 Å². The Kier molecular flexibility index (Phi) is 3.64. The molecule has 0 saturated carbocycles. The first kappa shape index (κ1) is 15.9. The van der Waals surface area contributed by atoms with Gasteiger partial charge in [0.05, 0.1) is 18.1 Å². The second kappa shape index (κ2) is 5.27. The Morgan fingerprint density at radius 3 is 2.57 bits per heavy atom. The molecular formula is C17H20NO4P. The molecule has 0 unspecified atom stereocenters. The average Bonchev–Trinajstić information content (AvgIpc) is 2.83. The molecule has 0 saturated heterocycles. The van der Waals surface area contributed by atoms with Gasteiger partial charge in [0.1, 0.15) is 11.5 Å². The smallest absolute Gasteiger partial charge is 0.213 e. The van der Waals surface area contributed by atoms with Crippen molar-refractivity contribution in [2.75, 3.05) is 7.11 Å². The lowest BCUT2D eigenvalue weighted by molar-refractivity contribution is 0.282. The number of hydrogen-bond donors (Lipinski definition) is 1. The molecular weight excluding hydrogens is 313 g/mol. The molecule has 1 N–H and O–H groups in total. The van der Waals surface area contributed by atoms with Gasteiger partial charge in [0.15, 0.2) is 13.0 Å². The Labute approximate surface area is 135 Å². The van der Waals surface area contributed by atoms with E-state index in [0.29, 0.717) is 22.6 Å². The highest BCUT2D eigenvalue weighted by Crippen LogP contribution is 2.72. The quantitative estimate of drug-likeness (QED) is 0.849. The van der Waals surface area contributed by atoms with E-state index in [1.54, 1.807) is 36.4 Å². The largest absolute Gasteiger partial charge is 0.507 e. The fourth-order valence-corrected chi connectivity index (χ4v) is 6.12. The van der Waals surface area contributed by atoms with Crippen LogP contribution in [0.1, 0.15) is 32.3 Å². The molecule has 1 aromatic heterocycles. The van der Waals surface area contributed by atoms with Gasteiger partial charge in [0.25, 0.3) is 0 Å². The monoisotopic (exact) mass is 333 g/mol. The van der Waals surface area contributed by atoms with Crippen LogP contribution in [0.5, 0.6) is 17.4 Å². The molecule has 23 heavy (non-hydrogen) atoms. The Morgan fingerprint density at radius 2 is 1.91 bits per heavy atom. The Bertz CT molecular complexity index is 797. The molecule has 0 amide bonds. The Morgan fingerprint density at radius 1 is 1.22 bits per heavy atom. The third-order valence-electron chi connectivity index (χ3n) is 4.08. The normalized spacial score (nSPS) is 23.2. The number of phenolic OH excluding ortho intramolecular Hbond substituents is 1. The summed E-state index contributed by atoms with van der Waals surface area (Å²) in [4.78, 5) is 4.39. The zero-order chi connectivity index (χ0) is 16.8. The average molecular weight is 333 g/mol. The molecule has 6 heteroatoms. The van der Waals surface area contributed by atoms with E-state index >= 15 is 0 Å². The standard InChI is InChI=1S/C17H20NO4P/c1-17(2,3)23(20)15-12(19)8-6-9-13(15)22-16(23)11-7-5-10-14(18-11)21-4/h5-10,16,19H,1-4H3/t16-,23+/m1/s1. The predicted molar refractivity (Wildman–Crippen MR) is 89.3 cm³/mol. The van der Waals surface area contributed by atoms with Crippen LogP contribution >= 0.6 is 7.14 Å². The van der Waals surface area contributed by atoms with E-state index in [4.69, 9.17) is 9.47 Å². The number of nitrogens with zero attached hydrogens (tertiary/aromatic N) is 1. The van der Waals surface area contributed by atoms with E-state index in [-0.39, 0.29) is 5.75 Å². The topological polar surface area (TPSA) is 68.7 Å². The first-order chi connectivity index (χ1) is 10.8. The van der Waals surface area contributed by atoms with Crippen molar-refractivity contribution >= 4 is 12.4 Å². The third-order valence-corrected chi connectivity index (χ3v) is 8.22. The second-order valence-corrected chi connectivity index (χ2v) is 10.1. The third kappa shape index (κ3) is 2.31. The second-order valence-electron chi connectivity index (χ2n) is 6.53. The van der Waals surface area contributed by atoms with Crippen LogP contribution in [0.15, 0.2) is 36.4 Å². The van der Waals surface area contributed by atoms with Crippen molar-refractivity contribution in [1.82, 2.24) is 4.98 Å². The van der Waals surface area contributed by atoms with Gasteiger partial charge >= 0.3 is 0 Å². The molecule has 2 heterocycles. The maximum atomic E-state index is 14.0. The highest BCUT2D eigenvalue weighted by atomic mass is 31.2. The van der Waals surface area contributed by atoms with Gasteiger partial charge in [-0.25, -0.2) is 4.98 Å². The number of benzene rings is 1. The van der Waals surface area contributed by atoms with E-state index < -0.39 is 18.1 Å². The van der Waals surface area contributed by atoms with Gasteiger partial charge in [-0.3, -0.25) is 0 Å². The van der Waals surface area contributed by atoms with E-state index in [0.717, 1.165) is 0 Å². The lowest BCUT2D eigenvalue weighted by Crippen LogP contribution is -2.24. The number of fused-ring (bicyclic) bond motifs is 1. The number of phenols is 1.